The first-order valence-corrected chi connectivity index (χ1v) is 11.2. The van der Waals surface area contributed by atoms with Crippen LogP contribution in [0.25, 0.3) is 0 Å². The van der Waals surface area contributed by atoms with Gasteiger partial charge in [0, 0.05) is 45.5 Å². The minimum atomic E-state index is -0.904. The second-order valence-electron chi connectivity index (χ2n) is 8.15. The molecule has 1 saturated heterocycles. The molecule has 1 aliphatic heterocycles. The van der Waals surface area contributed by atoms with Gasteiger partial charge in [-0.25, -0.2) is 0 Å². The van der Waals surface area contributed by atoms with Crippen LogP contribution in [-0.2, 0) is 11.2 Å². The maximum atomic E-state index is 12.9. The molecule has 0 unspecified atom stereocenters. The van der Waals surface area contributed by atoms with E-state index in [1.54, 1.807) is 18.9 Å². The highest BCUT2D eigenvalue weighted by Gasteiger charge is 2.30. The van der Waals surface area contributed by atoms with Crippen LogP contribution >= 0.6 is 11.6 Å². The Balaban J connectivity index is 1.50. The summed E-state index contributed by atoms with van der Waals surface area (Å²) in [5.74, 6) is -0.617. The molecule has 1 aliphatic rings. The van der Waals surface area contributed by atoms with Crippen LogP contribution in [0.4, 0.5) is 5.69 Å². The number of carbonyl (C=O) groups is 1. The van der Waals surface area contributed by atoms with Crippen LogP contribution in [0.5, 0.6) is 0 Å². The second kappa shape index (κ2) is 10.7. The van der Waals surface area contributed by atoms with Gasteiger partial charge in [0.25, 0.3) is 0 Å². The molecular weight excluding hydrogens is 410 g/mol. The fourth-order valence-corrected chi connectivity index (χ4v) is 4.21. The molecule has 0 radical (unpaired) electrons. The summed E-state index contributed by atoms with van der Waals surface area (Å²) >= 11 is 6.32. The van der Waals surface area contributed by atoms with Crippen molar-refractivity contribution in [2.75, 3.05) is 44.7 Å². The molecule has 0 aliphatic carbocycles. The number of benzene rings is 2. The van der Waals surface area contributed by atoms with Crippen LogP contribution in [0.1, 0.15) is 12.5 Å². The van der Waals surface area contributed by atoms with E-state index in [-0.39, 0.29) is 5.91 Å². The summed E-state index contributed by atoms with van der Waals surface area (Å²) in [6.07, 6.45) is -0.116. The van der Waals surface area contributed by atoms with E-state index >= 15 is 0 Å². The Morgan fingerprint density at radius 3 is 2.35 bits per heavy atom. The number of halogens is 1. The van der Waals surface area contributed by atoms with E-state index < -0.39 is 12.0 Å². The fraction of sp³-hybridized carbons (Fsp3) is 0.400. The molecule has 5 nitrogen and oxygen atoms in total. The molecule has 3 rings (SSSR count). The van der Waals surface area contributed by atoms with Crippen LogP contribution in [0.15, 0.2) is 66.9 Å². The number of nitrogens with zero attached hydrogens (tertiary/aromatic N) is 3. The smallest absolute Gasteiger partial charge is 0.228 e. The molecule has 31 heavy (non-hydrogen) atoms. The lowest BCUT2D eigenvalue weighted by atomic mass is 9.99. The highest BCUT2D eigenvalue weighted by Crippen LogP contribution is 2.27. The highest BCUT2D eigenvalue weighted by atomic mass is 35.5. The van der Waals surface area contributed by atoms with Crippen LogP contribution < -0.4 is 4.90 Å². The molecule has 2 aromatic rings. The Morgan fingerprint density at radius 2 is 1.71 bits per heavy atom. The molecule has 1 fully saturated rings. The molecule has 6 heteroatoms. The predicted octanol–water partition coefficient (Wildman–Crippen LogP) is 3.67. The van der Waals surface area contributed by atoms with Crippen molar-refractivity contribution in [1.29, 1.82) is 0 Å². The average Bonchev–Trinajstić information content (AvgIpc) is 2.81. The first kappa shape index (κ1) is 23.2. The molecule has 0 aromatic heterocycles. The Labute approximate surface area is 190 Å². The van der Waals surface area contributed by atoms with E-state index in [4.69, 9.17) is 11.6 Å². The first-order valence-electron chi connectivity index (χ1n) is 10.8. The van der Waals surface area contributed by atoms with Gasteiger partial charge in [-0.05, 0) is 24.1 Å². The van der Waals surface area contributed by atoms with Crippen molar-refractivity contribution in [2.45, 2.75) is 19.4 Å². The summed E-state index contributed by atoms with van der Waals surface area (Å²) in [6.45, 7) is 9.53. The van der Waals surface area contributed by atoms with E-state index in [0.717, 1.165) is 43.3 Å². The number of hydrogen-bond donors (Lipinski definition) is 1. The number of piperazine rings is 1. The predicted molar refractivity (Wildman–Crippen MR) is 127 cm³/mol. The van der Waals surface area contributed by atoms with Crippen LogP contribution in [0, 0.1) is 5.92 Å². The van der Waals surface area contributed by atoms with Crippen molar-refractivity contribution in [2.24, 2.45) is 5.92 Å². The topological polar surface area (TPSA) is 47.0 Å². The monoisotopic (exact) mass is 441 g/mol. The zero-order valence-corrected chi connectivity index (χ0v) is 19.1. The highest BCUT2D eigenvalue weighted by molar-refractivity contribution is 6.33. The summed E-state index contributed by atoms with van der Waals surface area (Å²) in [5.41, 5.74) is 2.82. The molecule has 1 amide bonds. The van der Waals surface area contributed by atoms with E-state index in [1.165, 1.54) is 5.56 Å². The Bertz CT molecular complexity index is 881. The van der Waals surface area contributed by atoms with Gasteiger partial charge in [-0.2, -0.15) is 0 Å². The van der Waals surface area contributed by atoms with E-state index in [0.29, 0.717) is 12.2 Å². The lowest BCUT2D eigenvalue weighted by molar-refractivity contribution is -0.136. The molecule has 0 spiro atoms. The number of para-hydroxylation sites is 1. The number of aliphatic hydroxyl groups excluding tert-OH is 1. The van der Waals surface area contributed by atoms with Crippen molar-refractivity contribution in [3.8, 4) is 0 Å². The van der Waals surface area contributed by atoms with Gasteiger partial charge < -0.3 is 19.8 Å². The maximum Gasteiger partial charge on any atom is 0.228 e. The number of hydrogen-bond acceptors (Lipinski definition) is 4. The van der Waals surface area contributed by atoms with Gasteiger partial charge in [0.2, 0.25) is 5.91 Å². The van der Waals surface area contributed by atoms with Gasteiger partial charge in [0.15, 0.2) is 0 Å². The van der Waals surface area contributed by atoms with Gasteiger partial charge in [-0.3, -0.25) is 4.79 Å². The number of aliphatic hydroxyl groups is 1. The Morgan fingerprint density at radius 1 is 1.10 bits per heavy atom. The molecule has 0 bridgehead atoms. The molecule has 166 valence electrons. The van der Waals surface area contributed by atoms with E-state index in [9.17, 15) is 9.90 Å². The Hall–Kier alpha value is -2.50. The molecule has 1 heterocycles. The summed E-state index contributed by atoms with van der Waals surface area (Å²) in [5, 5.41) is 11.6. The van der Waals surface area contributed by atoms with E-state index in [2.05, 4.69) is 28.5 Å². The van der Waals surface area contributed by atoms with Gasteiger partial charge >= 0.3 is 0 Å². The molecule has 2 aromatic carbocycles. The third-order valence-electron chi connectivity index (χ3n) is 6.04. The van der Waals surface area contributed by atoms with Gasteiger partial charge in [-0.15, -0.1) is 0 Å². The standard InChI is InChI=1S/C25H32ClN3O2/c1-19(25(31)27(3)14-13-21-9-5-4-6-10-21)24(30)20(2)28-15-17-29(18-16-28)23-12-8-7-11-22(23)26/h4-12,19,24,30H,2,13-18H2,1,3H3/t19-,24-/m1/s1. The molecular formula is C25H32ClN3O2. The Kier molecular flexibility index (Phi) is 7.99. The summed E-state index contributed by atoms with van der Waals surface area (Å²) in [7, 11) is 1.79. The number of anilines is 1. The minimum Gasteiger partial charge on any atom is -0.386 e. The third-order valence-corrected chi connectivity index (χ3v) is 6.36. The zero-order valence-electron chi connectivity index (χ0n) is 18.4. The molecule has 1 N–H and O–H groups in total. The SMILES string of the molecule is C=C([C@H](O)[C@@H](C)C(=O)N(C)CCc1ccccc1)N1CCN(c2ccccc2Cl)CC1. The summed E-state index contributed by atoms with van der Waals surface area (Å²) in [4.78, 5) is 18.9. The van der Waals surface area contributed by atoms with Crippen LogP contribution in [0.2, 0.25) is 5.02 Å². The lowest BCUT2D eigenvalue weighted by Gasteiger charge is -2.40. The van der Waals surface area contributed by atoms with Gasteiger partial charge in [-0.1, -0.05) is 67.6 Å². The van der Waals surface area contributed by atoms with Crippen LogP contribution in [0.3, 0.4) is 0 Å². The number of rotatable bonds is 8. The van der Waals surface area contributed by atoms with E-state index in [1.807, 2.05) is 42.5 Å². The fourth-order valence-electron chi connectivity index (χ4n) is 3.95. The van der Waals surface area contributed by atoms with Crippen molar-refractivity contribution in [1.82, 2.24) is 9.80 Å². The van der Waals surface area contributed by atoms with Crippen molar-refractivity contribution in [3.63, 3.8) is 0 Å². The van der Waals surface area contributed by atoms with Gasteiger partial charge in [0.05, 0.1) is 16.6 Å². The van der Waals surface area contributed by atoms with Crippen molar-refractivity contribution in [3.05, 3.63) is 77.5 Å². The van der Waals surface area contributed by atoms with Gasteiger partial charge in [0.1, 0.15) is 6.10 Å². The van der Waals surface area contributed by atoms with Crippen molar-refractivity contribution < 1.29 is 9.90 Å². The largest absolute Gasteiger partial charge is 0.386 e. The molecule has 2 atom stereocenters. The van der Waals surface area contributed by atoms with Crippen LogP contribution in [-0.4, -0.2) is 66.7 Å². The lowest BCUT2D eigenvalue weighted by Crippen LogP contribution is -2.49. The zero-order chi connectivity index (χ0) is 22.4. The molecule has 0 saturated carbocycles. The normalized spacial score (nSPS) is 16.0. The number of likely N-dealkylation sites (N-methyl/N-ethyl adjacent to an activating group) is 1. The van der Waals surface area contributed by atoms with Crippen molar-refractivity contribution >= 4 is 23.2 Å². The summed E-state index contributed by atoms with van der Waals surface area (Å²) in [6, 6.07) is 17.9. The average molecular weight is 442 g/mol. The quantitative estimate of drug-likeness (QED) is 0.679. The maximum absolute atomic E-state index is 12.9. The summed E-state index contributed by atoms with van der Waals surface area (Å²) < 4.78 is 0. The second-order valence-corrected chi connectivity index (χ2v) is 8.55. The number of amides is 1. The third kappa shape index (κ3) is 5.81. The first-order chi connectivity index (χ1) is 14.9. The minimum absolute atomic E-state index is 0.0701. The number of carbonyl (C=O) groups excluding carboxylic acids is 1.